The van der Waals surface area contributed by atoms with Crippen LogP contribution in [0.1, 0.15) is 37.8 Å². The highest BCUT2D eigenvalue weighted by Gasteiger charge is 2.21. The third-order valence-corrected chi connectivity index (χ3v) is 3.91. The van der Waals surface area contributed by atoms with Gasteiger partial charge in [-0.1, -0.05) is 31.9 Å². The molecule has 0 amide bonds. The Morgan fingerprint density at radius 1 is 1.19 bits per heavy atom. The molecule has 1 atom stereocenters. The molecule has 1 aromatic rings. The summed E-state index contributed by atoms with van der Waals surface area (Å²) in [6.07, 6.45) is 3.44. The van der Waals surface area contributed by atoms with Gasteiger partial charge in [-0.15, -0.1) is 0 Å². The highest BCUT2D eigenvalue weighted by molar-refractivity contribution is 5.29. The van der Waals surface area contributed by atoms with E-state index < -0.39 is 6.61 Å². The van der Waals surface area contributed by atoms with Crippen LogP contribution in [-0.2, 0) is 0 Å². The third-order valence-electron chi connectivity index (χ3n) is 3.91. The summed E-state index contributed by atoms with van der Waals surface area (Å²) in [5.41, 5.74) is 1.19. The van der Waals surface area contributed by atoms with Crippen LogP contribution in [0.5, 0.6) is 5.75 Å². The van der Waals surface area contributed by atoms with Gasteiger partial charge in [0.2, 0.25) is 0 Å². The lowest BCUT2D eigenvalue weighted by Gasteiger charge is -2.35. The molecule has 0 aromatic heterocycles. The smallest absolute Gasteiger partial charge is 0.387 e. The first-order chi connectivity index (χ1) is 10.2. The zero-order valence-electron chi connectivity index (χ0n) is 12.5. The molecule has 0 bridgehead atoms. The van der Waals surface area contributed by atoms with Gasteiger partial charge in [0.25, 0.3) is 0 Å². The molecule has 1 saturated heterocycles. The minimum Gasteiger partial charge on any atom is -0.435 e. The first-order valence-electron chi connectivity index (χ1n) is 7.70. The molecule has 0 unspecified atom stereocenters. The highest BCUT2D eigenvalue weighted by Crippen LogP contribution is 2.28. The number of rotatable bonds is 7. The van der Waals surface area contributed by atoms with Crippen molar-refractivity contribution >= 4 is 0 Å². The molecule has 0 saturated carbocycles. The Morgan fingerprint density at radius 3 is 2.43 bits per heavy atom. The predicted molar refractivity (Wildman–Crippen MR) is 79.8 cm³/mol. The Bertz CT molecular complexity index is 405. The van der Waals surface area contributed by atoms with Crippen molar-refractivity contribution in [1.82, 2.24) is 10.2 Å². The third kappa shape index (κ3) is 4.93. The van der Waals surface area contributed by atoms with Crippen LogP contribution < -0.4 is 10.1 Å². The van der Waals surface area contributed by atoms with Gasteiger partial charge >= 0.3 is 6.61 Å². The Kier molecular flexibility index (Phi) is 6.39. The summed E-state index contributed by atoms with van der Waals surface area (Å²) in [4.78, 5) is 2.48. The fourth-order valence-electron chi connectivity index (χ4n) is 2.82. The molecule has 3 nitrogen and oxygen atoms in total. The Hall–Kier alpha value is -1.20. The minimum absolute atomic E-state index is 0.225. The molecule has 1 heterocycles. The van der Waals surface area contributed by atoms with Gasteiger partial charge in [-0.3, -0.25) is 4.90 Å². The number of piperazine rings is 1. The number of nitrogens with zero attached hydrogens (tertiary/aromatic N) is 1. The lowest BCUT2D eigenvalue weighted by atomic mass is 9.98. The van der Waals surface area contributed by atoms with E-state index in [0.29, 0.717) is 6.04 Å². The molecule has 1 fully saturated rings. The van der Waals surface area contributed by atoms with Crippen LogP contribution in [0.15, 0.2) is 24.3 Å². The second-order valence-electron chi connectivity index (χ2n) is 5.39. The van der Waals surface area contributed by atoms with Gasteiger partial charge in [0.05, 0.1) is 0 Å². The summed E-state index contributed by atoms with van der Waals surface area (Å²) in [6.45, 7) is 3.51. The van der Waals surface area contributed by atoms with Crippen LogP contribution in [0.4, 0.5) is 8.78 Å². The Balaban J connectivity index is 2.07. The zero-order chi connectivity index (χ0) is 15.1. The summed E-state index contributed by atoms with van der Waals surface area (Å²) >= 11 is 0. The van der Waals surface area contributed by atoms with Gasteiger partial charge < -0.3 is 10.1 Å². The number of ether oxygens (including phenoxy) is 1. The molecule has 2 rings (SSSR count). The number of halogens is 2. The standard InChI is InChI=1S/C16H24F2N2O/c1-2-3-4-15(20-11-9-19-10-12-20)13-5-7-14(8-6-13)21-16(17)18/h5-8,15-16,19H,2-4,9-12H2,1H3/t15-/m0/s1. The normalized spacial score (nSPS) is 17.9. The van der Waals surface area contributed by atoms with E-state index in [1.807, 2.05) is 12.1 Å². The maximum Gasteiger partial charge on any atom is 0.387 e. The highest BCUT2D eigenvalue weighted by atomic mass is 19.3. The van der Waals surface area contributed by atoms with Crippen LogP contribution in [0.25, 0.3) is 0 Å². The lowest BCUT2D eigenvalue weighted by molar-refractivity contribution is -0.0498. The molecule has 21 heavy (non-hydrogen) atoms. The van der Waals surface area contributed by atoms with Crippen LogP contribution in [0.2, 0.25) is 0 Å². The van der Waals surface area contributed by atoms with E-state index in [1.54, 1.807) is 12.1 Å². The second-order valence-corrected chi connectivity index (χ2v) is 5.39. The summed E-state index contributed by atoms with van der Waals surface area (Å²) in [7, 11) is 0. The topological polar surface area (TPSA) is 24.5 Å². The zero-order valence-corrected chi connectivity index (χ0v) is 12.5. The molecule has 118 valence electrons. The van der Waals surface area contributed by atoms with Crippen molar-refractivity contribution in [3.63, 3.8) is 0 Å². The van der Waals surface area contributed by atoms with E-state index in [0.717, 1.165) is 39.0 Å². The van der Waals surface area contributed by atoms with Crippen LogP contribution in [0, 0.1) is 0 Å². The Labute approximate surface area is 125 Å². The van der Waals surface area contributed by atoms with Crippen molar-refractivity contribution in [2.75, 3.05) is 26.2 Å². The number of alkyl halides is 2. The monoisotopic (exact) mass is 298 g/mol. The fourth-order valence-corrected chi connectivity index (χ4v) is 2.82. The fraction of sp³-hybridized carbons (Fsp3) is 0.625. The summed E-state index contributed by atoms with van der Waals surface area (Å²) in [5.74, 6) is 0.225. The summed E-state index contributed by atoms with van der Waals surface area (Å²) in [5, 5.41) is 3.36. The van der Waals surface area contributed by atoms with E-state index >= 15 is 0 Å². The lowest BCUT2D eigenvalue weighted by Crippen LogP contribution is -2.45. The number of benzene rings is 1. The van der Waals surface area contributed by atoms with Gasteiger partial charge in [-0.25, -0.2) is 0 Å². The molecular formula is C16H24F2N2O. The summed E-state index contributed by atoms with van der Waals surface area (Å²) < 4.78 is 28.8. The van der Waals surface area contributed by atoms with Crippen LogP contribution >= 0.6 is 0 Å². The van der Waals surface area contributed by atoms with Crippen molar-refractivity contribution in [2.45, 2.75) is 38.8 Å². The van der Waals surface area contributed by atoms with Gasteiger partial charge in [0, 0.05) is 32.2 Å². The number of hydrogen-bond donors (Lipinski definition) is 1. The van der Waals surface area contributed by atoms with Gasteiger partial charge in [-0.2, -0.15) is 8.78 Å². The molecule has 1 N–H and O–H groups in total. The van der Waals surface area contributed by atoms with Crippen LogP contribution in [-0.4, -0.2) is 37.7 Å². The average Bonchev–Trinajstić information content (AvgIpc) is 2.50. The molecule has 1 aliphatic heterocycles. The van der Waals surface area contributed by atoms with Crippen LogP contribution in [0.3, 0.4) is 0 Å². The SMILES string of the molecule is CCCC[C@@H](c1ccc(OC(F)F)cc1)N1CCNCC1. The average molecular weight is 298 g/mol. The van der Waals surface area contributed by atoms with Crippen molar-refractivity contribution in [3.05, 3.63) is 29.8 Å². The maximum atomic E-state index is 12.2. The molecule has 0 radical (unpaired) electrons. The van der Waals surface area contributed by atoms with Crippen molar-refractivity contribution in [2.24, 2.45) is 0 Å². The van der Waals surface area contributed by atoms with E-state index in [-0.39, 0.29) is 5.75 Å². The van der Waals surface area contributed by atoms with Crippen molar-refractivity contribution in [3.8, 4) is 5.75 Å². The molecule has 1 aliphatic rings. The van der Waals surface area contributed by atoms with Gasteiger partial charge in [0.15, 0.2) is 0 Å². The second kappa shape index (κ2) is 8.29. The van der Waals surface area contributed by atoms with Gasteiger partial charge in [-0.05, 0) is 24.1 Å². The molecular weight excluding hydrogens is 274 g/mol. The van der Waals surface area contributed by atoms with Crippen molar-refractivity contribution in [1.29, 1.82) is 0 Å². The van der Waals surface area contributed by atoms with E-state index in [9.17, 15) is 8.78 Å². The van der Waals surface area contributed by atoms with Crippen molar-refractivity contribution < 1.29 is 13.5 Å². The maximum absolute atomic E-state index is 12.2. The van der Waals surface area contributed by atoms with E-state index in [2.05, 4.69) is 21.9 Å². The minimum atomic E-state index is -2.76. The van der Waals surface area contributed by atoms with E-state index in [1.165, 1.54) is 12.0 Å². The van der Waals surface area contributed by atoms with Gasteiger partial charge in [0.1, 0.15) is 5.75 Å². The first kappa shape index (κ1) is 16.2. The summed E-state index contributed by atoms with van der Waals surface area (Å²) in [6, 6.07) is 7.48. The first-order valence-corrected chi connectivity index (χ1v) is 7.70. The molecule has 5 heteroatoms. The largest absolute Gasteiger partial charge is 0.435 e. The quantitative estimate of drug-likeness (QED) is 0.834. The Morgan fingerprint density at radius 2 is 1.86 bits per heavy atom. The molecule has 0 aliphatic carbocycles. The molecule has 0 spiro atoms. The number of hydrogen-bond acceptors (Lipinski definition) is 3. The van der Waals surface area contributed by atoms with E-state index in [4.69, 9.17) is 0 Å². The number of nitrogens with one attached hydrogen (secondary N) is 1. The number of unbranched alkanes of at least 4 members (excludes halogenated alkanes) is 1. The molecule has 1 aromatic carbocycles. The predicted octanol–water partition coefficient (Wildman–Crippen LogP) is 3.42.